The summed E-state index contributed by atoms with van der Waals surface area (Å²) in [4.78, 5) is 12.0. The van der Waals surface area contributed by atoms with E-state index in [-0.39, 0.29) is 24.8 Å². The van der Waals surface area contributed by atoms with Crippen molar-refractivity contribution in [3.63, 3.8) is 0 Å². The highest BCUT2D eigenvalue weighted by molar-refractivity contribution is 5.82. The van der Waals surface area contributed by atoms with Gasteiger partial charge in [-0.25, -0.2) is 8.78 Å². The smallest absolute Gasteiger partial charge is 0.248 e. The van der Waals surface area contributed by atoms with Gasteiger partial charge in [-0.3, -0.25) is 4.79 Å². The van der Waals surface area contributed by atoms with Crippen LogP contribution in [0.4, 0.5) is 8.78 Å². The normalized spacial score (nSPS) is 18.9. The first-order valence-electron chi connectivity index (χ1n) is 7.53. The lowest BCUT2D eigenvalue weighted by Gasteiger charge is -2.32. The van der Waals surface area contributed by atoms with Crippen LogP contribution in [0.25, 0.3) is 0 Å². The van der Waals surface area contributed by atoms with Gasteiger partial charge in [0, 0.05) is 25.5 Å². The summed E-state index contributed by atoms with van der Waals surface area (Å²) in [7, 11) is 0. The van der Waals surface area contributed by atoms with Crippen LogP contribution >= 0.6 is 0 Å². The van der Waals surface area contributed by atoms with Gasteiger partial charge in [0.1, 0.15) is 0 Å². The molecule has 5 heteroatoms. The second-order valence-corrected chi connectivity index (χ2v) is 5.62. The van der Waals surface area contributed by atoms with E-state index in [4.69, 9.17) is 4.74 Å². The molecule has 120 valence electrons. The van der Waals surface area contributed by atoms with Crippen molar-refractivity contribution >= 4 is 5.91 Å². The molecule has 1 saturated carbocycles. The minimum atomic E-state index is -2.55. The van der Waals surface area contributed by atoms with Gasteiger partial charge in [0.15, 0.2) is 0 Å². The number of halogens is 2. The minimum Gasteiger partial charge on any atom is -0.381 e. The van der Waals surface area contributed by atoms with Gasteiger partial charge < -0.3 is 10.1 Å². The average Bonchev–Trinajstić information content (AvgIpc) is 2.41. The molecule has 0 aromatic heterocycles. The quantitative estimate of drug-likeness (QED) is 0.838. The largest absolute Gasteiger partial charge is 0.381 e. The van der Waals surface area contributed by atoms with Gasteiger partial charge in [-0.15, -0.1) is 0 Å². The second-order valence-electron chi connectivity index (χ2n) is 5.62. The van der Waals surface area contributed by atoms with E-state index in [1.165, 1.54) is 0 Å². The molecule has 1 fully saturated rings. The fourth-order valence-electron chi connectivity index (χ4n) is 1.99. The number of carbonyl (C=O) groups is 1. The fourth-order valence-corrected chi connectivity index (χ4v) is 1.99. The van der Waals surface area contributed by atoms with E-state index >= 15 is 0 Å². The Morgan fingerprint density at radius 2 is 1.80 bits per heavy atom. The highest BCUT2D eigenvalue weighted by Crippen LogP contribution is 2.33. The SMILES string of the molecule is CC.CCOCC(C)(C)C(=O)NC1CCC(F)(F)CC1. The van der Waals surface area contributed by atoms with Crippen molar-refractivity contribution in [2.45, 2.75) is 72.3 Å². The zero-order chi connectivity index (χ0) is 15.8. The van der Waals surface area contributed by atoms with Gasteiger partial charge in [-0.1, -0.05) is 13.8 Å². The lowest BCUT2D eigenvalue weighted by atomic mass is 9.89. The van der Waals surface area contributed by atoms with E-state index in [1.807, 2.05) is 20.8 Å². The monoisotopic (exact) mass is 293 g/mol. The van der Waals surface area contributed by atoms with Crippen molar-refractivity contribution < 1.29 is 18.3 Å². The van der Waals surface area contributed by atoms with Gasteiger partial charge in [0.25, 0.3) is 0 Å². The van der Waals surface area contributed by atoms with Crippen LogP contribution in [-0.2, 0) is 9.53 Å². The van der Waals surface area contributed by atoms with Crippen molar-refractivity contribution in [3.05, 3.63) is 0 Å². The second kappa shape index (κ2) is 8.55. The predicted molar refractivity (Wildman–Crippen MR) is 77.0 cm³/mol. The number of alkyl halides is 2. The molecule has 0 aromatic rings. The summed E-state index contributed by atoms with van der Waals surface area (Å²) in [5, 5.41) is 2.85. The molecular formula is C15H29F2NO2. The molecule has 0 aromatic carbocycles. The van der Waals surface area contributed by atoms with Gasteiger partial charge in [0.05, 0.1) is 12.0 Å². The maximum atomic E-state index is 13.0. The van der Waals surface area contributed by atoms with Crippen molar-refractivity contribution in [2.24, 2.45) is 5.41 Å². The third kappa shape index (κ3) is 6.64. The highest BCUT2D eigenvalue weighted by atomic mass is 19.3. The molecule has 0 heterocycles. The molecule has 20 heavy (non-hydrogen) atoms. The van der Waals surface area contributed by atoms with Crippen LogP contribution < -0.4 is 5.32 Å². The van der Waals surface area contributed by atoms with E-state index in [9.17, 15) is 13.6 Å². The molecule has 1 amide bonds. The van der Waals surface area contributed by atoms with Gasteiger partial charge in [-0.2, -0.15) is 0 Å². The zero-order valence-electron chi connectivity index (χ0n) is 13.4. The Balaban J connectivity index is 0.00000172. The standard InChI is InChI=1S/C13H23F2NO2.C2H6/c1-4-18-9-12(2,3)11(17)16-10-5-7-13(14,15)8-6-10;1-2/h10H,4-9H2,1-3H3,(H,16,17);1-2H3. The van der Waals surface area contributed by atoms with E-state index < -0.39 is 11.3 Å². The third-order valence-electron chi connectivity index (χ3n) is 3.33. The van der Waals surface area contributed by atoms with Crippen LogP contribution in [0.15, 0.2) is 0 Å². The number of nitrogens with one attached hydrogen (secondary N) is 1. The van der Waals surface area contributed by atoms with E-state index in [0.29, 0.717) is 26.1 Å². The average molecular weight is 293 g/mol. The first kappa shape index (κ1) is 19.3. The third-order valence-corrected chi connectivity index (χ3v) is 3.33. The Morgan fingerprint density at radius 1 is 1.30 bits per heavy atom. The molecule has 0 atom stereocenters. The molecule has 0 radical (unpaired) electrons. The molecule has 0 bridgehead atoms. The molecule has 3 nitrogen and oxygen atoms in total. The summed E-state index contributed by atoms with van der Waals surface area (Å²) in [6.45, 7) is 10.4. The Hall–Kier alpha value is -0.710. The highest BCUT2D eigenvalue weighted by Gasteiger charge is 2.37. The van der Waals surface area contributed by atoms with Crippen LogP contribution in [-0.4, -0.2) is 31.1 Å². The van der Waals surface area contributed by atoms with E-state index in [1.54, 1.807) is 13.8 Å². The summed E-state index contributed by atoms with van der Waals surface area (Å²) in [6.07, 6.45) is 0.431. The van der Waals surface area contributed by atoms with Crippen molar-refractivity contribution in [1.29, 1.82) is 0 Å². The Labute approximate surface area is 121 Å². The van der Waals surface area contributed by atoms with Gasteiger partial charge in [-0.05, 0) is 33.6 Å². The molecular weight excluding hydrogens is 264 g/mol. The zero-order valence-corrected chi connectivity index (χ0v) is 13.4. The maximum Gasteiger partial charge on any atom is 0.248 e. The number of carbonyl (C=O) groups excluding carboxylic acids is 1. The number of rotatable bonds is 5. The van der Waals surface area contributed by atoms with Crippen LogP contribution in [0.1, 0.15) is 60.3 Å². The fraction of sp³-hybridized carbons (Fsp3) is 0.933. The number of ether oxygens (including phenoxy) is 1. The van der Waals surface area contributed by atoms with E-state index in [2.05, 4.69) is 5.32 Å². The Morgan fingerprint density at radius 3 is 2.25 bits per heavy atom. The predicted octanol–water partition coefficient (Wildman–Crippen LogP) is 3.77. The minimum absolute atomic E-state index is 0.119. The summed E-state index contributed by atoms with van der Waals surface area (Å²) >= 11 is 0. The van der Waals surface area contributed by atoms with Crippen LogP contribution in [0, 0.1) is 5.41 Å². The molecule has 0 saturated heterocycles. The topological polar surface area (TPSA) is 38.3 Å². The molecule has 0 unspecified atom stereocenters. The molecule has 1 aliphatic rings. The van der Waals surface area contributed by atoms with Crippen LogP contribution in [0.5, 0.6) is 0 Å². The lowest BCUT2D eigenvalue weighted by molar-refractivity contribution is -0.134. The molecule has 1 aliphatic carbocycles. The molecule has 0 aliphatic heterocycles. The number of hydrogen-bond donors (Lipinski definition) is 1. The summed E-state index contributed by atoms with van der Waals surface area (Å²) in [5.74, 6) is -2.67. The van der Waals surface area contributed by atoms with Crippen molar-refractivity contribution in [2.75, 3.05) is 13.2 Å². The molecule has 1 rings (SSSR count). The Kier molecular flexibility index (Phi) is 8.25. The Bertz CT molecular complexity index is 284. The molecule has 1 N–H and O–H groups in total. The molecule has 0 spiro atoms. The van der Waals surface area contributed by atoms with Crippen molar-refractivity contribution in [3.8, 4) is 0 Å². The summed E-state index contributed by atoms with van der Waals surface area (Å²) < 4.78 is 31.2. The van der Waals surface area contributed by atoms with Gasteiger partial charge >= 0.3 is 0 Å². The maximum absolute atomic E-state index is 13.0. The first-order chi connectivity index (χ1) is 9.27. The van der Waals surface area contributed by atoms with Crippen LogP contribution in [0.3, 0.4) is 0 Å². The first-order valence-corrected chi connectivity index (χ1v) is 7.53. The lowest BCUT2D eigenvalue weighted by Crippen LogP contribution is -2.47. The van der Waals surface area contributed by atoms with Gasteiger partial charge in [0.2, 0.25) is 11.8 Å². The summed E-state index contributed by atoms with van der Waals surface area (Å²) in [5.41, 5.74) is -0.615. The summed E-state index contributed by atoms with van der Waals surface area (Å²) in [6, 6.07) is -0.127. The van der Waals surface area contributed by atoms with E-state index in [0.717, 1.165) is 0 Å². The van der Waals surface area contributed by atoms with Crippen LogP contribution in [0.2, 0.25) is 0 Å². The number of amides is 1. The number of hydrogen-bond acceptors (Lipinski definition) is 2. The van der Waals surface area contributed by atoms with Crippen molar-refractivity contribution in [1.82, 2.24) is 5.32 Å².